The van der Waals surface area contributed by atoms with Crippen molar-refractivity contribution in [3.8, 4) is 0 Å². The predicted molar refractivity (Wildman–Crippen MR) is 64.9 cm³/mol. The van der Waals surface area contributed by atoms with Crippen LogP contribution in [0.3, 0.4) is 0 Å². The zero-order chi connectivity index (χ0) is 12.7. The summed E-state index contributed by atoms with van der Waals surface area (Å²) in [7, 11) is 0. The highest BCUT2D eigenvalue weighted by atomic mass is 35.5. The van der Waals surface area contributed by atoms with Gasteiger partial charge in [0.2, 0.25) is 5.95 Å². The van der Waals surface area contributed by atoms with Crippen LogP contribution in [0, 0.1) is 0 Å². The number of imidazole rings is 1. The molecule has 0 fully saturated rings. The van der Waals surface area contributed by atoms with E-state index in [0.29, 0.717) is 11.2 Å². The molecule has 2 atom stereocenters. The normalized spacial score (nSPS) is 23.0. The first-order valence-corrected chi connectivity index (χ1v) is 5.67. The highest BCUT2D eigenvalue weighted by Gasteiger charge is 2.23. The number of anilines is 1. The lowest BCUT2D eigenvalue weighted by atomic mass is 10.4. The molecule has 7 nitrogen and oxygen atoms in total. The number of aliphatic hydroxyl groups is 1. The van der Waals surface area contributed by atoms with Gasteiger partial charge in [0.15, 0.2) is 17.0 Å². The quantitative estimate of drug-likeness (QED) is 0.607. The Morgan fingerprint density at radius 3 is 3.00 bits per heavy atom. The van der Waals surface area contributed by atoms with Crippen LogP contribution in [0.25, 0.3) is 11.2 Å². The van der Waals surface area contributed by atoms with Crippen LogP contribution in [0.2, 0.25) is 5.15 Å². The first-order chi connectivity index (χ1) is 8.69. The van der Waals surface area contributed by atoms with Crippen molar-refractivity contribution >= 4 is 28.7 Å². The van der Waals surface area contributed by atoms with E-state index in [9.17, 15) is 0 Å². The van der Waals surface area contributed by atoms with E-state index in [4.69, 9.17) is 27.2 Å². The van der Waals surface area contributed by atoms with Crippen molar-refractivity contribution in [1.82, 2.24) is 19.5 Å². The standard InChI is InChI=1S/C10H10ClN5O2/c11-8-7-9(15-10(12)14-8)13-4-16(7)6-2-1-5(3-17)18-6/h1-2,4-6,17H,3H2,(H2,12,14,15)/t5-,6+/m0/s1. The van der Waals surface area contributed by atoms with Crippen molar-refractivity contribution in [2.24, 2.45) is 0 Å². The van der Waals surface area contributed by atoms with Gasteiger partial charge in [-0.2, -0.15) is 9.97 Å². The molecule has 3 heterocycles. The maximum atomic E-state index is 9.02. The number of ether oxygens (including phenoxy) is 1. The molecule has 94 valence electrons. The monoisotopic (exact) mass is 267 g/mol. The first-order valence-electron chi connectivity index (χ1n) is 5.29. The third kappa shape index (κ3) is 1.72. The van der Waals surface area contributed by atoms with Gasteiger partial charge in [-0.15, -0.1) is 0 Å². The fraction of sp³-hybridized carbons (Fsp3) is 0.300. The number of hydrogen-bond acceptors (Lipinski definition) is 6. The number of nitrogen functional groups attached to an aromatic ring is 1. The molecule has 1 aliphatic heterocycles. The predicted octanol–water partition coefficient (Wildman–Crippen LogP) is 0.508. The minimum atomic E-state index is -0.378. The molecule has 0 saturated heterocycles. The molecular formula is C10H10ClN5O2. The number of fused-ring (bicyclic) bond motifs is 1. The van der Waals surface area contributed by atoms with Crippen LogP contribution in [-0.4, -0.2) is 37.3 Å². The van der Waals surface area contributed by atoms with E-state index in [1.54, 1.807) is 17.0 Å². The summed E-state index contributed by atoms with van der Waals surface area (Å²) in [5.74, 6) is 0.0777. The summed E-state index contributed by atoms with van der Waals surface area (Å²) in [4.78, 5) is 12.0. The van der Waals surface area contributed by atoms with Gasteiger partial charge >= 0.3 is 0 Å². The van der Waals surface area contributed by atoms with Crippen molar-refractivity contribution in [2.45, 2.75) is 12.3 Å². The van der Waals surface area contributed by atoms with E-state index in [1.165, 1.54) is 0 Å². The number of aromatic nitrogens is 4. The van der Waals surface area contributed by atoms with E-state index in [2.05, 4.69) is 15.0 Å². The highest BCUT2D eigenvalue weighted by Crippen LogP contribution is 2.28. The van der Waals surface area contributed by atoms with Gasteiger partial charge in [0.05, 0.1) is 6.61 Å². The first kappa shape index (κ1) is 11.4. The Morgan fingerprint density at radius 1 is 1.44 bits per heavy atom. The second-order valence-corrected chi connectivity index (χ2v) is 4.19. The fourth-order valence-corrected chi connectivity index (χ4v) is 2.13. The summed E-state index contributed by atoms with van der Waals surface area (Å²) in [6.07, 6.45) is 4.45. The van der Waals surface area contributed by atoms with Crippen LogP contribution in [0.1, 0.15) is 6.23 Å². The topological polar surface area (TPSA) is 99.1 Å². The largest absolute Gasteiger partial charge is 0.393 e. The summed E-state index contributed by atoms with van der Waals surface area (Å²) < 4.78 is 7.26. The number of aliphatic hydroxyl groups excluding tert-OH is 1. The van der Waals surface area contributed by atoms with Crippen LogP contribution in [0.15, 0.2) is 18.5 Å². The number of halogens is 1. The molecule has 0 spiro atoms. The van der Waals surface area contributed by atoms with Gasteiger partial charge in [-0.1, -0.05) is 17.7 Å². The molecule has 0 bridgehead atoms. The number of nitrogens with two attached hydrogens (primary N) is 1. The maximum Gasteiger partial charge on any atom is 0.223 e. The molecule has 0 aliphatic carbocycles. The number of hydrogen-bond donors (Lipinski definition) is 2. The molecule has 0 unspecified atom stereocenters. The van der Waals surface area contributed by atoms with E-state index in [0.717, 1.165) is 0 Å². The molecular weight excluding hydrogens is 258 g/mol. The Balaban J connectivity index is 2.06. The zero-order valence-electron chi connectivity index (χ0n) is 9.19. The molecule has 3 N–H and O–H groups in total. The number of nitrogens with zero attached hydrogens (tertiary/aromatic N) is 4. The van der Waals surface area contributed by atoms with Crippen molar-refractivity contribution < 1.29 is 9.84 Å². The van der Waals surface area contributed by atoms with Gasteiger partial charge in [-0.05, 0) is 6.08 Å². The highest BCUT2D eigenvalue weighted by molar-refractivity contribution is 6.33. The van der Waals surface area contributed by atoms with Crippen LogP contribution in [0.4, 0.5) is 5.95 Å². The average Bonchev–Trinajstić information content (AvgIpc) is 2.93. The van der Waals surface area contributed by atoms with Crippen molar-refractivity contribution in [1.29, 1.82) is 0 Å². The summed E-state index contributed by atoms with van der Waals surface area (Å²) in [6, 6.07) is 0. The Morgan fingerprint density at radius 2 is 2.28 bits per heavy atom. The van der Waals surface area contributed by atoms with Crippen LogP contribution in [-0.2, 0) is 4.74 Å². The van der Waals surface area contributed by atoms with Crippen LogP contribution >= 0.6 is 11.6 Å². The van der Waals surface area contributed by atoms with Gasteiger partial charge in [-0.25, -0.2) is 4.98 Å². The smallest absolute Gasteiger partial charge is 0.223 e. The minimum absolute atomic E-state index is 0.0726. The van der Waals surface area contributed by atoms with Gasteiger partial charge in [0.1, 0.15) is 17.9 Å². The lowest BCUT2D eigenvalue weighted by Gasteiger charge is -2.14. The van der Waals surface area contributed by atoms with E-state index in [1.807, 2.05) is 6.08 Å². The zero-order valence-corrected chi connectivity index (χ0v) is 9.95. The minimum Gasteiger partial charge on any atom is -0.393 e. The van der Waals surface area contributed by atoms with Gasteiger partial charge in [0.25, 0.3) is 0 Å². The Bertz CT molecular complexity index is 626. The van der Waals surface area contributed by atoms with Crippen LogP contribution in [0.5, 0.6) is 0 Å². The Kier molecular flexibility index (Phi) is 2.66. The van der Waals surface area contributed by atoms with Gasteiger partial charge in [-0.3, -0.25) is 4.57 Å². The second-order valence-electron chi connectivity index (χ2n) is 3.83. The molecule has 0 radical (unpaired) electrons. The molecule has 3 rings (SSSR count). The van der Waals surface area contributed by atoms with Crippen LogP contribution < -0.4 is 5.73 Å². The lowest BCUT2D eigenvalue weighted by Crippen LogP contribution is -2.15. The van der Waals surface area contributed by atoms with Crippen molar-refractivity contribution in [3.63, 3.8) is 0 Å². The summed E-state index contributed by atoms with van der Waals surface area (Å²) in [5.41, 5.74) is 6.47. The average molecular weight is 268 g/mol. The van der Waals surface area contributed by atoms with E-state index < -0.39 is 0 Å². The molecule has 0 amide bonds. The Hall–Kier alpha value is -1.70. The van der Waals surface area contributed by atoms with E-state index in [-0.39, 0.29) is 30.0 Å². The summed E-state index contributed by atoms with van der Waals surface area (Å²) in [5, 5.41) is 9.24. The molecule has 18 heavy (non-hydrogen) atoms. The lowest BCUT2D eigenvalue weighted by molar-refractivity contribution is -0.00617. The second kappa shape index (κ2) is 4.20. The molecule has 1 aliphatic rings. The number of rotatable bonds is 2. The molecule has 8 heteroatoms. The van der Waals surface area contributed by atoms with Gasteiger partial charge in [0, 0.05) is 0 Å². The summed E-state index contributed by atoms with van der Waals surface area (Å²) >= 11 is 6.04. The SMILES string of the molecule is Nc1nc(Cl)c2c(ncn2[C@H]2C=C[C@@H](CO)O2)n1. The summed E-state index contributed by atoms with van der Waals surface area (Å²) in [6.45, 7) is -0.0726. The van der Waals surface area contributed by atoms with Crippen molar-refractivity contribution in [2.75, 3.05) is 12.3 Å². The molecule has 2 aromatic rings. The Labute approximate surface area is 107 Å². The third-order valence-electron chi connectivity index (χ3n) is 2.66. The fourth-order valence-electron chi connectivity index (χ4n) is 1.86. The van der Waals surface area contributed by atoms with Gasteiger partial charge < -0.3 is 15.6 Å². The molecule has 0 aromatic carbocycles. The molecule has 0 saturated carbocycles. The van der Waals surface area contributed by atoms with E-state index >= 15 is 0 Å². The molecule has 2 aromatic heterocycles. The third-order valence-corrected chi connectivity index (χ3v) is 2.93. The van der Waals surface area contributed by atoms with Crippen molar-refractivity contribution in [3.05, 3.63) is 23.6 Å². The maximum absolute atomic E-state index is 9.02.